The van der Waals surface area contributed by atoms with Crippen LogP contribution in [0.4, 0.5) is 0 Å². The summed E-state index contributed by atoms with van der Waals surface area (Å²) in [6.45, 7) is 2.37. The highest BCUT2D eigenvalue weighted by Crippen LogP contribution is 2.43. The van der Waals surface area contributed by atoms with Gasteiger partial charge in [-0.05, 0) is 42.4 Å². The predicted molar refractivity (Wildman–Crippen MR) is 106 cm³/mol. The van der Waals surface area contributed by atoms with Crippen molar-refractivity contribution in [2.24, 2.45) is 29.6 Å². The Hall–Kier alpha value is 0. The van der Waals surface area contributed by atoms with Crippen molar-refractivity contribution in [1.82, 2.24) is 0 Å². The van der Waals surface area contributed by atoms with E-state index in [1.807, 2.05) is 0 Å². The van der Waals surface area contributed by atoms with Crippen molar-refractivity contribution in [3.63, 3.8) is 0 Å². The molecule has 0 amide bonds. The van der Waals surface area contributed by atoms with Gasteiger partial charge in [0, 0.05) is 0 Å². The van der Waals surface area contributed by atoms with Crippen LogP contribution in [-0.2, 0) is 0 Å². The normalized spacial score (nSPS) is 31.9. The number of rotatable bonds is 7. The summed E-state index contributed by atoms with van der Waals surface area (Å²) in [6.07, 6.45) is 27.8. The molecule has 0 spiro atoms. The first-order valence-corrected chi connectivity index (χ1v) is 11.8. The van der Waals surface area contributed by atoms with Gasteiger partial charge in [0.15, 0.2) is 0 Å². The van der Waals surface area contributed by atoms with Crippen molar-refractivity contribution in [3.05, 3.63) is 0 Å². The van der Waals surface area contributed by atoms with Crippen LogP contribution in [-0.4, -0.2) is 0 Å². The lowest BCUT2D eigenvalue weighted by atomic mass is 9.68. The van der Waals surface area contributed by atoms with Gasteiger partial charge < -0.3 is 0 Å². The summed E-state index contributed by atoms with van der Waals surface area (Å²) in [7, 11) is 0. The van der Waals surface area contributed by atoms with Crippen molar-refractivity contribution < 1.29 is 0 Å². The average Bonchev–Trinajstić information content (AvgIpc) is 2.65. The zero-order valence-electron chi connectivity index (χ0n) is 16.6. The van der Waals surface area contributed by atoms with Crippen LogP contribution in [0.2, 0.25) is 0 Å². The molecule has 0 N–H and O–H groups in total. The van der Waals surface area contributed by atoms with Crippen molar-refractivity contribution in [3.8, 4) is 0 Å². The molecule has 0 radical (unpaired) electrons. The Morgan fingerprint density at radius 3 is 1.67 bits per heavy atom. The molecule has 0 aromatic carbocycles. The summed E-state index contributed by atoms with van der Waals surface area (Å²) >= 11 is 0. The first kappa shape index (κ1) is 18.8. The van der Waals surface area contributed by atoms with Gasteiger partial charge in [0.05, 0.1) is 0 Å². The van der Waals surface area contributed by atoms with Gasteiger partial charge in [0.25, 0.3) is 0 Å². The third kappa shape index (κ3) is 5.77. The summed E-state index contributed by atoms with van der Waals surface area (Å²) < 4.78 is 0. The zero-order valence-corrected chi connectivity index (χ0v) is 16.6. The van der Waals surface area contributed by atoms with E-state index >= 15 is 0 Å². The molecule has 24 heavy (non-hydrogen) atoms. The Bertz CT molecular complexity index is 313. The van der Waals surface area contributed by atoms with Gasteiger partial charge in [0.1, 0.15) is 0 Å². The fourth-order valence-electron chi connectivity index (χ4n) is 6.53. The summed E-state index contributed by atoms with van der Waals surface area (Å²) in [6, 6.07) is 0. The minimum atomic E-state index is 1.08. The van der Waals surface area contributed by atoms with Crippen LogP contribution in [0.5, 0.6) is 0 Å². The molecular formula is C24H44. The molecule has 3 aliphatic carbocycles. The highest BCUT2D eigenvalue weighted by molar-refractivity contribution is 4.82. The van der Waals surface area contributed by atoms with E-state index in [0.29, 0.717) is 0 Å². The SMILES string of the molecule is CCCC1CCC(CC(CC2CCCCC2)C2CCCCC2)CC1. The fraction of sp³-hybridized carbons (Fsp3) is 1.00. The van der Waals surface area contributed by atoms with E-state index in [9.17, 15) is 0 Å². The van der Waals surface area contributed by atoms with Crippen LogP contribution in [0.15, 0.2) is 0 Å². The van der Waals surface area contributed by atoms with E-state index < -0.39 is 0 Å². The molecule has 3 aliphatic rings. The lowest BCUT2D eigenvalue weighted by Crippen LogP contribution is -2.26. The van der Waals surface area contributed by atoms with Crippen LogP contribution >= 0.6 is 0 Å². The minimum absolute atomic E-state index is 1.08. The topological polar surface area (TPSA) is 0 Å². The third-order valence-corrected chi connectivity index (χ3v) is 7.98. The largest absolute Gasteiger partial charge is 0.0654 e. The van der Waals surface area contributed by atoms with Gasteiger partial charge in [-0.1, -0.05) is 110 Å². The smallest absolute Gasteiger partial charge is 0.0381 e. The molecule has 0 aromatic rings. The van der Waals surface area contributed by atoms with E-state index in [2.05, 4.69) is 6.92 Å². The molecule has 3 fully saturated rings. The molecule has 1 atom stereocenters. The van der Waals surface area contributed by atoms with E-state index in [4.69, 9.17) is 0 Å². The highest BCUT2D eigenvalue weighted by atomic mass is 14.4. The summed E-state index contributed by atoms with van der Waals surface area (Å²) in [5, 5.41) is 0. The molecule has 0 heteroatoms. The first-order valence-electron chi connectivity index (χ1n) is 11.8. The Kier molecular flexibility index (Phi) is 8.00. The van der Waals surface area contributed by atoms with Crippen LogP contribution in [0, 0.1) is 29.6 Å². The van der Waals surface area contributed by atoms with Gasteiger partial charge in [-0.3, -0.25) is 0 Å². The Balaban J connectivity index is 1.51. The third-order valence-electron chi connectivity index (χ3n) is 7.98. The standard InChI is InChI=1S/C24H44/c1-2-9-20-14-16-22(17-15-20)19-24(23-12-7-4-8-13-23)18-21-10-5-3-6-11-21/h20-24H,2-19H2,1H3. The second kappa shape index (κ2) is 10.2. The average molecular weight is 333 g/mol. The molecule has 0 bridgehead atoms. The van der Waals surface area contributed by atoms with Crippen molar-refractivity contribution in [1.29, 1.82) is 0 Å². The van der Waals surface area contributed by atoms with Crippen LogP contribution in [0.25, 0.3) is 0 Å². The first-order chi connectivity index (χ1) is 11.8. The van der Waals surface area contributed by atoms with E-state index in [-0.39, 0.29) is 0 Å². The van der Waals surface area contributed by atoms with Gasteiger partial charge in [0.2, 0.25) is 0 Å². The van der Waals surface area contributed by atoms with Crippen LogP contribution in [0.3, 0.4) is 0 Å². The minimum Gasteiger partial charge on any atom is -0.0654 e. The van der Waals surface area contributed by atoms with E-state index in [1.165, 1.54) is 51.4 Å². The maximum absolute atomic E-state index is 2.37. The summed E-state index contributed by atoms with van der Waals surface area (Å²) in [5.41, 5.74) is 0. The maximum atomic E-state index is 2.37. The number of hydrogen-bond acceptors (Lipinski definition) is 0. The second-order valence-electron chi connectivity index (χ2n) is 9.81. The van der Waals surface area contributed by atoms with Crippen LogP contribution < -0.4 is 0 Å². The molecule has 0 nitrogen and oxygen atoms in total. The van der Waals surface area contributed by atoms with E-state index in [1.54, 1.807) is 64.2 Å². The van der Waals surface area contributed by atoms with Crippen molar-refractivity contribution in [2.75, 3.05) is 0 Å². The summed E-state index contributed by atoms with van der Waals surface area (Å²) in [4.78, 5) is 0. The zero-order chi connectivity index (χ0) is 16.6. The van der Waals surface area contributed by atoms with Crippen molar-refractivity contribution >= 4 is 0 Å². The molecular weight excluding hydrogens is 288 g/mol. The molecule has 0 heterocycles. The molecule has 3 rings (SSSR count). The molecule has 3 saturated carbocycles. The van der Waals surface area contributed by atoms with Gasteiger partial charge in [-0.15, -0.1) is 0 Å². The second-order valence-corrected chi connectivity index (χ2v) is 9.81. The lowest BCUT2D eigenvalue weighted by molar-refractivity contribution is 0.139. The van der Waals surface area contributed by atoms with Gasteiger partial charge >= 0.3 is 0 Å². The molecule has 0 saturated heterocycles. The quantitative estimate of drug-likeness (QED) is 0.441. The molecule has 140 valence electrons. The van der Waals surface area contributed by atoms with Crippen LogP contribution in [0.1, 0.15) is 122 Å². The maximum Gasteiger partial charge on any atom is -0.0381 e. The molecule has 0 aliphatic heterocycles. The van der Waals surface area contributed by atoms with Crippen molar-refractivity contribution in [2.45, 2.75) is 122 Å². The van der Waals surface area contributed by atoms with E-state index in [0.717, 1.165) is 29.6 Å². The Morgan fingerprint density at radius 2 is 1.08 bits per heavy atom. The lowest BCUT2D eigenvalue weighted by Gasteiger charge is -2.38. The summed E-state index contributed by atoms with van der Waals surface area (Å²) in [5.74, 6) is 5.48. The molecule has 1 unspecified atom stereocenters. The highest BCUT2D eigenvalue weighted by Gasteiger charge is 2.30. The molecule has 0 aromatic heterocycles. The Morgan fingerprint density at radius 1 is 0.583 bits per heavy atom. The predicted octanol–water partition coefficient (Wildman–Crippen LogP) is 8.15. The van der Waals surface area contributed by atoms with Gasteiger partial charge in [-0.25, -0.2) is 0 Å². The monoisotopic (exact) mass is 332 g/mol. The van der Waals surface area contributed by atoms with Gasteiger partial charge in [-0.2, -0.15) is 0 Å². The fourth-order valence-corrected chi connectivity index (χ4v) is 6.53. The Labute approximate surface area is 152 Å². The number of hydrogen-bond donors (Lipinski definition) is 0.